The van der Waals surface area contributed by atoms with Gasteiger partial charge in [0.1, 0.15) is 11.8 Å². The van der Waals surface area contributed by atoms with Crippen LogP contribution in [0.5, 0.6) is 5.75 Å². The molecule has 0 spiro atoms. The first-order valence-electron chi connectivity index (χ1n) is 7.16. The number of ketones is 1. The van der Waals surface area contributed by atoms with Crippen molar-refractivity contribution in [1.82, 2.24) is 0 Å². The van der Waals surface area contributed by atoms with Crippen LogP contribution in [-0.4, -0.2) is 5.78 Å². The van der Waals surface area contributed by atoms with Crippen molar-refractivity contribution >= 4 is 37.6 Å². The number of allylic oxidation sites excluding steroid dienone is 1. The Morgan fingerprint density at radius 1 is 1.25 bits per heavy atom. The van der Waals surface area contributed by atoms with Gasteiger partial charge in [0.15, 0.2) is 5.78 Å². The Morgan fingerprint density at radius 2 is 1.96 bits per heavy atom. The molecule has 1 atom stereocenters. The van der Waals surface area contributed by atoms with Crippen molar-refractivity contribution in [1.29, 1.82) is 5.26 Å². The van der Waals surface area contributed by atoms with Crippen LogP contribution in [0, 0.1) is 11.3 Å². The fourth-order valence-electron chi connectivity index (χ4n) is 2.71. The highest BCUT2D eigenvalue weighted by atomic mass is 79.9. The third-order valence-electron chi connectivity index (χ3n) is 3.84. The van der Waals surface area contributed by atoms with Crippen LogP contribution in [0.4, 0.5) is 0 Å². The number of carbonyl (C=O) groups excluding carboxylic acids is 1. The van der Waals surface area contributed by atoms with Crippen LogP contribution in [0.15, 0.2) is 62.9 Å². The third-order valence-corrected chi connectivity index (χ3v) is 4.89. The van der Waals surface area contributed by atoms with E-state index in [-0.39, 0.29) is 23.7 Å². The van der Waals surface area contributed by atoms with Crippen molar-refractivity contribution in [3.05, 3.63) is 74.0 Å². The molecule has 4 nitrogen and oxygen atoms in total. The largest absolute Gasteiger partial charge is 0.439 e. The maximum absolute atomic E-state index is 12.6. The summed E-state index contributed by atoms with van der Waals surface area (Å²) in [4.78, 5) is 12.6. The Labute approximate surface area is 156 Å². The van der Waals surface area contributed by atoms with Gasteiger partial charge in [-0.2, -0.15) is 5.26 Å². The molecule has 0 fully saturated rings. The maximum atomic E-state index is 12.6. The van der Waals surface area contributed by atoms with Gasteiger partial charge in [-0.25, -0.2) is 0 Å². The Bertz CT molecular complexity index is 886. The lowest BCUT2D eigenvalue weighted by Crippen LogP contribution is -2.22. The van der Waals surface area contributed by atoms with E-state index in [4.69, 9.17) is 10.5 Å². The summed E-state index contributed by atoms with van der Waals surface area (Å²) in [5.74, 6) is 0.0878. The standard InChI is InChI=1S/C18H12Br2N2O2/c19-11-6-13-12(8-16(23)10-4-2-1-3-5-10)14(9-21)18(22)24-17(13)15(20)7-11/h1-7,12H,8,22H2. The van der Waals surface area contributed by atoms with Crippen LogP contribution in [-0.2, 0) is 0 Å². The summed E-state index contributed by atoms with van der Waals surface area (Å²) in [6.07, 6.45) is 0.146. The lowest BCUT2D eigenvalue weighted by molar-refractivity contribution is 0.0976. The van der Waals surface area contributed by atoms with Crippen LogP contribution in [0.3, 0.4) is 0 Å². The number of hydrogen-bond acceptors (Lipinski definition) is 4. The van der Waals surface area contributed by atoms with Crippen molar-refractivity contribution < 1.29 is 9.53 Å². The van der Waals surface area contributed by atoms with E-state index in [1.54, 1.807) is 12.1 Å². The number of rotatable bonds is 3. The molecule has 0 amide bonds. The average Bonchev–Trinajstić information content (AvgIpc) is 2.57. The number of Topliss-reactive ketones (excluding diaryl/α,β-unsaturated/α-hetero) is 1. The van der Waals surface area contributed by atoms with E-state index in [2.05, 4.69) is 37.9 Å². The average molecular weight is 448 g/mol. The van der Waals surface area contributed by atoms with Crippen molar-refractivity contribution in [3.8, 4) is 11.8 Å². The van der Waals surface area contributed by atoms with Gasteiger partial charge in [0.2, 0.25) is 5.88 Å². The van der Waals surface area contributed by atoms with E-state index < -0.39 is 5.92 Å². The van der Waals surface area contributed by atoms with Crippen LogP contribution < -0.4 is 10.5 Å². The molecule has 2 aromatic carbocycles. The molecule has 1 unspecified atom stereocenters. The summed E-state index contributed by atoms with van der Waals surface area (Å²) in [6.45, 7) is 0. The number of ether oxygens (including phenoxy) is 1. The number of fused-ring (bicyclic) bond motifs is 1. The zero-order valence-corrected chi connectivity index (χ0v) is 15.6. The zero-order chi connectivity index (χ0) is 17.3. The van der Waals surface area contributed by atoms with E-state index in [0.29, 0.717) is 15.8 Å². The van der Waals surface area contributed by atoms with Gasteiger partial charge in [0, 0.05) is 27.9 Å². The highest BCUT2D eigenvalue weighted by molar-refractivity contribution is 9.11. The topological polar surface area (TPSA) is 76.1 Å². The number of benzene rings is 2. The molecule has 120 valence electrons. The van der Waals surface area contributed by atoms with Crippen LogP contribution in [0.2, 0.25) is 0 Å². The molecule has 24 heavy (non-hydrogen) atoms. The number of nitrogens with zero attached hydrogens (tertiary/aromatic N) is 1. The highest BCUT2D eigenvalue weighted by Gasteiger charge is 2.32. The van der Waals surface area contributed by atoms with Crippen molar-refractivity contribution in [2.45, 2.75) is 12.3 Å². The van der Waals surface area contributed by atoms with Gasteiger partial charge in [-0.05, 0) is 28.1 Å². The molecule has 0 saturated carbocycles. The number of hydrogen-bond donors (Lipinski definition) is 1. The van der Waals surface area contributed by atoms with Crippen molar-refractivity contribution in [3.63, 3.8) is 0 Å². The fraction of sp³-hybridized carbons (Fsp3) is 0.111. The number of carbonyl (C=O) groups is 1. The maximum Gasteiger partial charge on any atom is 0.205 e. The number of nitrogens with two attached hydrogens (primary N) is 1. The normalized spacial score (nSPS) is 16.1. The lowest BCUT2D eigenvalue weighted by atomic mass is 9.84. The smallest absolute Gasteiger partial charge is 0.205 e. The number of nitriles is 1. The van der Waals surface area contributed by atoms with Gasteiger partial charge < -0.3 is 10.5 Å². The monoisotopic (exact) mass is 446 g/mol. The molecule has 0 bridgehead atoms. The first-order valence-corrected chi connectivity index (χ1v) is 8.74. The first-order chi connectivity index (χ1) is 11.5. The van der Waals surface area contributed by atoms with Gasteiger partial charge in [-0.3, -0.25) is 4.79 Å². The fourth-order valence-corrected chi connectivity index (χ4v) is 4.05. The molecular formula is C18H12Br2N2O2. The second kappa shape index (κ2) is 6.80. The van der Waals surface area contributed by atoms with Gasteiger partial charge in [-0.15, -0.1) is 0 Å². The van der Waals surface area contributed by atoms with Crippen LogP contribution >= 0.6 is 31.9 Å². The quantitative estimate of drug-likeness (QED) is 0.694. The van der Waals surface area contributed by atoms with Gasteiger partial charge in [0.25, 0.3) is 0 Å². The van der Waals surface area contributed by atoms with Gasteiger partial charge >= 0.3 is 0 Å². The minimum atomic E-state index is -0.444. The van der Waals surface area contributed by atoms with Crippen LogP contribution in [0.25, 0.3) is 0 Å². The molecule has 0 aromatic heterocycles. The minimum absolute atomic E-state index is 0.0406. The Morgan fingerprint density at radius 3 is 2.62 bits per heavy atom. The van der Waals surface area contributed by atoms with E-state index in [1.165, 1.54) is 0 Å². The Balaban J connectivity index is 2.05. The number of halogens is 2. The third kappa shape index (κ3) is 3.10. The zero-order valence-electron chi connectivity index (χ0n) is 12.4. The molecule has 6 heteroatoms. The van der Waals surface area contributed by atoms with E-state index in [0.717, 1.165) is 10.0 Å². The second-order valence-corrected chi connectivity index (χ2v) is 7.11. The van der Waals surface area contributed by atoms with Crippen LogP contribution in [0.1, 0.15) is 28.3 Å². The summed E-state index contributed by atoms with van der Waals surface area (Å²) < 4.78 is 7.13. The molecular weight excluding hydrogens is 436 g/mol. The summed E-state index contributed by atoms with van der Waals surface area (Å²) in [6, 6.07) is 14.8. The summed E-state index contributed by atoms with van der Waals surface area (Å²) in [5.41, 5.74) is 7.54. The minimum Gasteiger partial charge on any atom is -0.439 e. The molecule has 0 saturated heterocycles. The van der Waals surface area contributed by atoms with Crippen molar-refractivity contribution in [2.75, 3.05) is 0 Å². The second-order valence-electron chi connectivity index (χ2n) is 5.34. The van der Waals surface area contributed by atoms with E-state index in [1.807, 2.05) is 30.3 Å². The van der Waals surface area contributed by atoms with Gasteiger partial charge in [-0.1, -0.05) is 46.3 Å². The SMILES string of the molecule is N#CC1=C(N)Oc2c(Br)cc(Br)cc2C1CC(=O)c1ccccc1. The molecule has 2 aromatic rings. The summed E-state index contributed by atoms with van der Waals surface area (Å²) >= 11 is 6.88. The Kier molecular flexibility index (Phi) is 4.74. The summed E-state index contributed by atoms with van der Waals surface area (Å²) in [7, 11) is 0. The molecule has 0 radical (unpaired) electrons. The highest BCUT2D eigenvalue weighted by Crippen LogP contribution is 2.45. The molecule has 1 heterocycles. The predicted octanol–water partition coefficient (Wildman–Crippen LogP) is 4.65. The Hall–Kier alpha value is -2.10. The van der Waals surface area contributed by atoms with E-state index in [9.17, 15) is 10.1 Å². The van der Waals surface area contributed by atoms with Gasteiger partial charge in [0.05, 0.1) is 10.0 Å². The van der Waals surface area contributed by atoms with E-state index >= 15 is 0 Å². The molecule has 0 aliphatic carbocycles. The molecule has 3 rings (SSSR count). The molecule has 1 aliphatic heterocycles. The predicted molar refractivity (Wildman–Crippen MR) is 97.4 cm³/mol. The summed E-state index contributed by atoms with van der Waals surface area (Å²) in [5, 5.41) is 9.48. The molecule has 1 aliphatic rings. The first kappa shape index (κ1) is 16.7. The molecule has 2 N–H and O–H groups in total. The lowest BCUT2D eigenvalue weighted by Gasteiger charge is -2.26. The van der Waals surface area contributed by atoms with Crippen molar-refractivity contribution in [2.24, 2.45) is 5.73 Å².